The number of aryl methyl sites for hydroxylation is 1. The smallest absolute Gasteiger partial charge is 0.322 e. The molecule has 1 aromatic heterocycles. The first kappa shape index (κ1) is 12.0. The van der Waals surface area contributed by atoms with E-state index in [1.54, 1.807) is 11.8 Å². The number of likely N-dealkylation sites (tertiary alicyclic amines) is 1. The van der Waals surface area contributed by atoms with E-state index in [2.05, 4.69) is 20.2 Å². The predicted octanol–water partition coefficient (Wildman–Crippen LogP) is -0.729. The molecule has 0 aromatic carbocycles. The Labute approximate surface area is 112 Å². The van der Waals surface area contributed by atoms with E-state index in [0.29, 0.717) is 23.5 Å². The average molecular weight is 281 g/mol. The van der Waals surface area contributed by atoms with Crippen LogP contribution in [0.4, 0.5) is 4.79 Å². The first-order valence-corrected chi connectivity index (χ1v) is 6.51. The molecule has 0 bridgehead atoms. The number of amides is 4. The van der Waals surface area contributed by atoms with Gasteiger partial charge in [-0.2, -0.15) is 0 Å². The van der Waals surface area contributed by atoms with E-state index in [0.717, 1.165) is 11.5 Å². The number of rotatable bonds is 1. The molecule has 1 atom stereocenters. The molecule has 3 rings (SSSR count). The fraction of sp³-hybridized carbons (Fsp3) is 0.500. The first-order valence-electron chi connectivity index (χ1n) is 5.74. The largest absolute Gasteiger partial charge is 0.335 e. The summed E-state index contributed by atoms with van der Waals surface area (Å²) in [6.45, 7) is 2.32. The van der Waals surface area contributed by atoms with Gasteiger partial charge >= 0.3 is 6.03 Å². The monoisotopic (exact) mass is 281 g/mol. The van der Waals surface area contributed by atoms with E-state index in [9.17, 15) is 14.4 Å². The molecule has 9 heteroatoms. The van der Waals surface area contributed by atoms with Crippen LogP contribution in [0.5, 0.6) is 0 Å². The van der Waals surface area contributed by atoms with Crippen molar-refractivity contribution < 1.29 is 14.4 Å². The molecule has 2 saturated heterocycles. The summed E-state index contributed by atoms with van der Waals surface area (Å²) in [6, 6.07) is -0.505. The van der Waals surface area contributed by atoms with Crippen LogP contribution in [0.2, 0.25) is 0 Å². The number of nitrogens with zero attached hydrogens (tertiary/aromatic N) is 3. The molecule has 0 radical (unpaired) electrons. The van der Waals surface area contributed by atoms with Crippen LogP contribution in [0.1, 0.15) is 21.8 Å². The van der Waals surface area contributed by atoms with E-state index >= 15 is 0 Å². The standard InChI is InChI=1S/C10H11N5O3S/c1-5-6(19-14-13-5)7(16)15-3-2-10(4-15)8(17)11-9(18)12-10/h2-4H2,1H3,(H2,11,12,17,18). The van der Waals surface area contributed by atoms with Crippen molar-refractivity contribution in [1.82, 2.24) is 25.1 Å². The summed E-state index contributed by atoms with van der Waals surface area (Å²) in [7, 11) is 0. The highest BCUT2D eigenvalue weighted by atomic mass is 32.1. The summed E-state index contributed by atoms with van der Waals surface area (Å²) in [5.41, 5.74) is -0.394. The predicted molar refractivity (Wildman–Crippen MR) is 64.6 cm³/mol. The third-order valence-corrected chi connectivity index (χ3v) is 4.23. The van der Waals surface area contributed by atoms with Gasteiger partial charge in [0.25, 0.3) is 11.8 Å². The Morgan fingerprint density at radius 3 is 2.84 bits per heavy atom. The van der Waals surface area contributed by atoms with Gasteiger partial charge in [-0.3, -0.25) is 14.9 Å². The lowest BCUT2D eigenvalue weighted by atomic mass is 10.00. The van der Waals surface area contributed by atoms with Gasteiger partial charge in [0.05, 0.1) is 12.2 Å². The zero-order valence-corrected chi connectivity index (χ0v) is 10.9. The van der Waals surface area contributed by atoms with Gasteiger partial charge in [-0.05, 0) is 24.9 Å². The molecule has 2 N–H and O–H groups in total. The van der Waals surface area contributed by atoms with Gasteiger partial charge in [0, 0.05) is 6.54 Å². The van der Waals surface area contributed by atoms with Crippen LogP contribution in [-0.2, 0) is 4.79 Å². The molecule has 1 unspecified atom stereocenters. The van der Waals surface area contributed by atoms with Crippen LogP contribution in [-0.4, -0.2) is 51.0 Å². The highest BCUT2D eigenvalue weighted by Crippen LogP contribution is 2.26. The lowest BCUT2D eigenvalue weighted by molar-refractivity contribution is -0.123. The number of imide groups is 1. The second kappa shape index (κ2) is 3.98. The zero-order chi connectivity index (χ0) is 13.6. The minimum atomic E-state index is -0.973. The topological polar surface area (TPSA) is 104 Å². The molecule has 100 valence electrons. The van der Waals surface area contributed by atoms with Crippen molar-refractivity contribution in [2.75, 3.05) is 13.1 Å². The second-order valence-corrected chi connectivity index (χ2v) is 5.41. The van der Waals surface area contributed by atoms with Gasteiger partial charge < -0.3 is 10.2 Å². The Hall–Kier alpha value is -2.03. The molecular weight excluding hydrogens is 270 g/mol. The summed E-state index contributed by atoms with van der Waals surface area (Å²) in [5, 5.41) is 8.61. The molecule has 19 heavy (non-hydrogen) atoms. The van der Waals surface area contributed by atoms with E-state index < -0.39 is 11.6 Å². The minimum absolute atomic E-state index is 0.181. The molecule has 0 aliphatic carbocycles. The number of carbonyl (C=O) groups is 3. The van der Waals surface area contributed by atoms with Crippen molar-refractivity contribution in [3.8, 4) is 0 Å². The van der Waals surface area contributed by atoms with Gasteiger partial charge in [0.15, 0.2) is 0 Å². The molecule has 1 aromatic rings. The van der Waals surface area contributed by atoms with Crippen molar-refractivity contribution in [2.45, 2.75) is 18.9 Å². The van der Waals surface area contributed by atoms with Gasteiger partial charge in [-0.1, -0.05) is 4.49 Å². The van der Waals surface area contributed by atoms with Crippen LogP contribution in [0, 0.1) is 6.92 Å². The maximum atomic E-state index is 12.3. The fourth-order valence-electron chi connectivity index (χ4n) is 2.37. The summed E-state index contributed by atoms with van der Waals surface area (Å²) >= 11 is 1.04. The van der Waals surface area contributed by atoms with E-state index in [1.165, 1.54) is 0 Å². The number of carbonyl (C=O) groups excluding carboxylic acids is 3. The van der Waals surface area contributed by atoms with Crippen molar-refractivity contribution in [1.29, 1.82) is 0 Å². The average Bonchev–Trinajstić information content (AvgIpc) is 3.01. The van der Waals surface area contributed by atoms with E-state index in [1.807, 2.05) is 0 Å². The molecule has 2 aliphatic rings. The van der Waals surface area contributed by atoms with E-state index in [-0.39, 0.29) is 18.4 Å². The number of aromatic nitrogens is 2. The first-order chi connectivity index (χ1) is 9.02. The Morgan fingerprint density at radius 1 is 1.47 bits per heavy atom. The van der Waals surface area contributed by atoms with Crippen LogP contribution >= 0.6 is 11.5 Å². The molecule has 2 fully saturated rings. The van der Waals surface area contributed by atoms with Crippen molar-refractivity contribution in [2.24, 2.45) is 0 Å². The number of urea groups is 1. The third kappa shape index (κ3) is 1.77. The Morgan fingerprint density at radius 2 is 2.26 bits per heavy atom. The van der Waals surface area contributed by atoms with Gasteiger partial charge in [0.2, 0.25) is 0 Å². The van der Waals surface area contributed by atoms with Crippen LogP contribution in [0.3, 0.4) is 0 Å². The van der Waals surface area contributed by atoms with Crippen molar-refractivity contribution in [3.63, 3.8) is 0 Å². The van der Waals surface area contributed by atoms with Crippen molar-refractivity contribution >= 4 is 29.4 Å². The number of hydrogen-bond acceptors (Lipinski definition) is 6. The summed E-state index contributed by atoms with van der Waals surface area (Å²) in [5.74, 6) is -0.565. The van der Waals surface area contributed by atoms with Gasteiger partial charge in [0.1, 0.15) is 10.4 Å². The van der Waals surface area contributed by atoms with E-state index in [4.69, 9.17) is 0 Å². The second-order valence-electron chi connectivity index (χ2n) is 4.65. The summed E-state index contributed by atoms with van der Waals surface area (Å²) in [6.07, 6.45) is 0.418. The normalized spacial score (nSPS) is 25.8. The Balaban J connectivity index is 1.80. The molecule has 4 amide bonds. The van der Waals surface area contributed by atoms with Crippen molar-refractivity contribution in [3.05, 3.63) is 10.6 Å². The number of hydrogen-bond donors (Lipinski definition) is 2. The van der Waals surface area contributed by atoms with Gasteiger partial charge in [-0.15, -0.1) is 5.10 Å². The maximum Gasteiger partial charge on any atom is 0.322 e. The van der Waals surface area contributed by atoms with Gasteiger partial charge in [-0.25, -0.2) is 4.79 Å². The minimum Gasteiger partial charge on any atom is -0.335 e. The summed E-state index contributed by atoms with van der Waals surface area (Å²) < 4.78 is 3.73. The van der Waals surface area contributed by atoms with Crippen LogP contribution in [0.25, 0.3) is 0 Å². The number of nitrogens with one attached hydrogen (secondary N) is 2. The molecule has 2 aliphatic heterocycles. The molecular formula is C10H11N5O3S. The lowest BCUT2D eigenvalue weighted by Crippen LogP contribution is -2.49. The molecule has 8 nitrogen and oxygen atoms in total. The highest BCUT2D eigenvalue weighted by molar-refractivity contribution is 7.07. The van der Waals surface area contributed by atoms with Crippen LogP contribution < -0.4 is 10.6 Å². The molecule has 0 saturated carbocycles. The Bertz CT molecular complexity index is 585. The Kier molecular flexibility index (Phi) is 2.52. The SMILES string of the molecule is Cc1nnsc1C(=O)N1CCC2(C1)NC(=O)NC2=O. The third-order valence-electron chi connectivity index (χ3n) is 3.42. The lowest BCUT2D eigenvalue weighted by Gasteiger charge is -2.20. The quantitative estimate of drug-likeness (QED) is 0.660. The molecule has 1 spiro atoms. The summed E-state index contributed by atoms with van der Waals surface area (Å²) in [4.78, 5) is 37.3. The zero-order valence-electron chi connectivity index (χ0n) is 10.1. The fourth-order valence-corrected chi connectivity index (χ4v) is 2.99. The molecule has 3 heterocycles. The highest BCUT2D eigenvalue weighted by Gasteiger charge is 2.51. The van der Waals surface area contributed by atoms with Crippen LogP contribution in [0.15, 0.2) is 0 Å². The maximum absolute atomic E-state index is 12.3.